The van der Waals surface area contributed by atoms with Crippen LogP contribution in [0.4, 0.5) is 0 Å². The van der Waals surface area contributed by atoms with Gasteiger partial charge in [-0.05, 0) is 19.9 Å². The Balaban J connectivity index is 1.72. The molecule has 4 heterocycles. The van der Waals surface area contributed by atoms with Crippen LogP contribution < -0.4 is 11.2 Å². The average molecular weight is 339 g/mol. The van der Waals surface area contributed by atoms with Crippen molar-refractivity contribution in [1.29, 1.82) is 0 Å². The first-order valence-electron chi connectivity index (χ1n) is 7.46. The minimum absolute atomic E-state index is 0.0489. The average Bonchev–Trinajstić information content (AvgIpc) is 3.16. The molecule has 0 spiro atoms. The molecule has 0 bridgehead atoms. The highest BCUT2D eigenvalue weighted by molar-refractivity contribution is 5.72. The van der Waals surface area contributed by atoms with E-state index in [2.05, 4.69) is 25.2 Å². The maximum absolute atomic E-state index is 11.7. The second-order valence-corrected chi connectivity index (χ2v) is 5.58. The molecule has 0 saturated carbocycles. The van der Waals surface area contributed by atoms with Crippen LogP contribution in [-0.4, -0.2) is 34.3 Å². The zero-order valence-electron chi connectivity index (χ0n) is 13.4. The fourth-order valence-corrected chi connectivity index (χ4v) is 2.57. The molecule has 10 heteroatoms. The molecule has 0 saturated heterocycles. The number of nitrogens with one attached hydrogen (secondary N) is 1. The van der Waals surface area contributed by atoms with E-state index in [4.69, 9.17) is 4.52 Å². The van der Waals surface area contributed by atoms with Crippen molar-refractivity contribution in [2.24, 2.45) is 0 Å². The maximum Gasteiger partial charge on any atom is 0.328 e. The summed E-state index contributed by atoms with van der Waals surface area (Å²) in [6.45, 7) is 3.88. The summed E-state index contributed by atoms with van der Waals surface area (Å²) in [4.78, 5) is 33.8. The van der Waals surface area contributed by atoms with Gasteiger partial charge in [-0.25, -0.2) is 14.3 Å². The van der Waals surface area contributed by atoms with Crippen molar-refractivity contribution in [2.75, 3.05) is 0 Å². The summed E-state index contributed by atoms with van der Waals surface area (Å²) >= 11 is 0. The topological polar surface area (TPSA) is 124 Å². The Labute approximate surface area is 139 Å². The molecule has 0 aliphatic heterocycles. The third kappa shape index (κ3) is 2.63. The van der Waals surface area contributed by atoms with E-state index < -0.39 is 11.2 Å². The van der Waals surface area contributed by atoms with Crippen molar-refractivity contribution in [3.05, 3.63) is 62.6 Å². The van der Waals surface area contributed by atoms with Crippen LogP contribution in [0.3, 0.4) is 0 Å². The molecule has 1 N–H and O–H groups in total. The number of nitrogens with zero attached hydrogens (tertiary/aromatic N) is 6. The monoisotopic (exact) mass is 339 g/mol. The van der Waals surface area contributed by atoms with Crippen molar-refractivity contribution in [2.45, 2.75) is 20.4 Å². The van der Waals surface area contributed by atoms with Crippen LogP contribution in [0, 0.1) is 13.8 Å². The lowest BCUT2D eigenvalue weighted by Crippen LogP contribution is -2.28. The Morgan fingerprint density at radius 1 is 1.24 bits per heavy atom. The smallest absolute Gasteiger partial charge is 0.328 e. The Morgan fingerprint density at radius 2 is 2.08 bits per heavy atom. The maximum atomic E-state index is 11.7. The first kappa shape index (κ1) is 15.0. The molecule has 0 atom stereocenters. The zero-order chi connectivity index (χ0) is 17.6. The van der Waals surface area contributed by atoms with Gasteiger partial charge in [-0.2, -0.15) is 10.1 Å². The molecule has 0 aliphatic rings. The van der Waals surface area contributed by atoms with Gasteiger partial charge in [0.25, 0.3) is 5.56 Å². The lowest BCUT2D eigenvalue weighted by Gasteiger charge is -2.00. The highest BCUT2D eigenvalue weighted by Gasteiger charge is 2.16. The van der Waals surface area contributed by atoms with Crippen LogP contribution in [0.15, 0.2) is 38.6 Å². The van der Waals surface area contributed by atoms with Gasteiger partial charge in [0.05, 0.1) is 11.8 Å². The van der Waals surface area contributed by atoms with Gasteiger partial charge < -0.3 is 4.52 Å². The third-order valence-electron chi connectivity index (χ3n) is 3.69. The van der Waals surface area contributed by atoms with Crippen molar-refractivity contribution in [3.63, 3.8) is 0 Å². The van der Waals surface area contributed by atoms with E-state index >= 15 is 0 Å². The second kappa shape index (κ2) is 5.51. The van der Waals surface area contributed by atoms with Gasteiger partial charge in [0, 0.05) is 23.7 Å². The van der Waals surface area contributed by atoms with Gasteiger partial charge in [0.1, 0.15) is 6.54 Å². The Morgan fingerprint density at radius 3 is 2.88 bits per heavy atom. The highest BCUT2D eigenvalue weighted by atomic mass is 16.5. The van der Waals surface area contributed by atoms with E-state index in [9.17, 15) is 9.59 Å². The number of hydrogen-bond donors (Lipinski definition) is 1. The predicted molar refractivity (Wildman–Crippen MR) is 86.2 cm³/mol. The summed E-state index contributed by atoms with van der Waals surface area (Å²) in [5.41, 5.74) is 2.06. The van der Waals surface area contributed by atoms with Crippen molar-refractivity contribution in [1.82, 2.24) is 34.3 Å². The molecule has 0 aliphatic carbocycles. The summed E-state index contributed by atoms with van der Waals surface area (Å²) in [5.74, 6) is 0.563. The normalized spacial score (nSPS) is 11.3. The van der Waals surface area contributed by atoms with E-state index in [-0.39, 0.29) is 12.4 Å². The van der Waals surface area contributed by atoms with Crippen molar-refractivity contribution >= 4 is 5.65 Å². The minimum Gasteiger partial charge on any atom is -0.337 e. The van der Waals surface area contributed by atoms with E-state index in [1.807, 2.05) is 19.9 Å². The molecule has 10 nitrogen and oxygen atoms in total. The van der Waals surface area contributed by atoms with Gasteiger partial charge in [-0.15, -0.1) is 0 Å². The standard InChI is InChI=1S/C15H13N7O3/c1-8-5-9(2)22-14(17-8)10(6-16-22)13-19-12(25-20-13)7-21-4-3-11(23)18-15(21)24/h3-6H,7H2,1-2H3,(H,18,23,24). The number of aromatic amines is 1. The Bertz CT molecular complexity index is 1200. The van der Waals surface area contributed by atoms with E-state index in [0.717, 1.165) is 11.4 Å². The van der Waals surface area contributed by atoms with E-state index in [0.29, 0.717) is 17.0 Å². The molecule has 4 aromatic heterocycles. The van der Waals surface area contributed by atoms with Crippen LogP contribution in [0.25, 0.3) is 17.0 Å². The fraction of sp³-hybridized carbons (Fsp3) is 0.200. The van der Waals surface area contributed by atoms with Crippen LogP contribution in [0.1, 0.15) is 17.3 Å². The van der Waals surface area contributed by atoms with Crippen LogP contribution in [-0.2, 0) is 6.54 Å². The summed E-state index contributed by atoms with van der Waals surface area (Å²) in [7, 11) is 0. The molecule has 0 fully saturated rings. The quantitative estimate of drug-likeness (QED) is 0.569. The Hall–Kier alpha value is -3.56. The van der Waals surface area contributed by atoms with Crippen molar-refractivity contribution < 1.29 is 4.52 Å². The number of hydrogen-bond acceptors (Lipinski definition) is 7. The van der Waals surface area contributed by atoms with E-state index in [1.165, 1.54) is 16.8 Å². The Kier molecular flexibility index (Phi) is 3.31. The predicted octanol–water partition coefficient (Wildman–Crippen LogP) is 0.294. The number of aromatic nitrogens is 7. The van der Waals surface area contributed by atoms with Crippen LogP contribution >= 0.6 is 0 Å². The summed E-state index contributed by atoms with van der Waals surface area (Å²) in [6.07, 6.45) is 2.99. The van der Waals surface area contributed by atoms with E-state index in [1.54, 1.807) is 10.7 Å². The number of rotatable bonds is 3. The molecular weight excluding hydrogens is 326 g/mol. The molecule has 25 heavy (non-hydrogen) atoms. The van der Waals surface area contributed by atoms with Gasteiger partial charge in [0.2, 0.25) is 11.7 Å². The molecule has 0 unspecified atom stereocenters. The third-order valence-corrected chi connectivity index (χ3v) is 3.69. The highest BCUT2D eigenvalue weighted by Crippen LogP contribution is 2.21. The molecule has 0 aromatic carbocycles. The molecule has 4 aromatic rings. The number of H-pyrrole nitrogens is 1. The van der Waals surface area contributed by atoms with Crippen LogP contribution in [0.5, 0.6) is 0 Å². The SMILES string of the molecule is Cc1cc(C)n2ncc(-c3noc(Cn4ccc(=O)[nH]c4=O)n3)c2n1. The molecule has 0 radical (unpaired) electrons. The van der Waals surface area contributed by atoms with Gasteiger partial charge >= 0.3 is 5.69 Å². The second-order valence-electron chi connectivity index (χ2n) is 5.58. The summed E-state index contributed by atoms with van der Waals surface area (Å²) in [6, 6.07) is 3.17. The fourth-order valence-electron chi connectivity index (χ4n) is 2.57. The minimum atomic E-state index is -0.545. The summed E-state index contributed by atoms with van der Waals surface area (Å²) in [5, 5.41) is 8.24. The van der Waals surface area contributed by atoms with Crippen LogP contribution in [0.2, 0.25) is 0 Å². The number of fused-ring (bicyclic) bond motifs is 1. The molecule has 0 amide bonds. The van der Waals surface area contributed by atoms with Gasteiger partial charge in [-0.3, -0.25) is 14.3 Å². The zero-order valence-corrected chi connectivity index (χ0v) is 13.4. The van der Waals surface area contributed by atoms with Gasteiger partial charge in [-0.1, -0.05) is 5.16 Å². The number of aryl methyl sites for hydroxylation is 2. The first-order chi connectivity index (χ1) is 12.0. The molecular formula is C15H13N7O3. The first-order valence-corrected chi connectivity index (χ1v) is 7.46. The molecule has 126 valence electrons. The lowest BCUT2D eigenvalue weighted by molar-refractivity contribution is 0.369. The molecule has 4 rings (SSSR count). The largest absolute Gasteiger partial charge is 0.337 e. The van der Waals surface area contributed by atoms with Gasteiger partial charge in [0.15, 0.2) is 5.65 Å². The lowest BCUT2D eigenvalue weighted by atomic mass is 10.3. The van der Waals surface area contributed by atoms with Crippen molar-refractivity contribution in [3.8, 4) is 11.4 Å². The summed E-state index contributed by atoms with van der Waals surface area (Å²) < 4.78 is 8.17.